The van der Waals surface area contributed by atoms with Gasteiger partial charge in [-0.05, 0) is 31.5 Å². The molecule has 0 radical (unpaired) electrons. The van der Waals surface area contributed by atoms with E-state index < -0.39 is 30.4 Å². The van der Waals surface area contributed by atoms with E-state index in [1.54, 1.807) is 7.11 Å². The Hall–Kier alpha value is -1.47. The van der Waals surface area contributed by atoms with Crippen LogP contribution in [-0.2, 0) is 30.3 Å². The van der Waals surface area contributed by atoms with Gasteiger partial charge in [0.15, 0.2) is 18.4 Å². The van der Waals surface area contributed by atoms with Gasteiger partial charge in [0.1, 0.15) is 24.1 Å². The molecule has 1 aromatic rings. The number of aldehydes is 1. The average molecular weight is 308 g/mol. The number of methoxy groups -OCH3 is 1. The van der Waals surface area contributed by atoms with Gasteiger partial charge in [-0.2, -0.15) is 0 Å². The minimum absolute atomic E-state index is 0.354. The summed E-state index contributed by atoms with van der Waals surface area (Å²) in [7, 11) is 1.62. The standard InChI is InChI=1S/C16H20O6/c1-16(2)21-13-12(8-17)20-15(14(13)22-16)19-9-10-4-6-11(18-3)7-5-10/h4-8,12-15H,9H2,1-3H3/t12-,13-,14?,15+/m1/s1. The molecule has 2 heterocycles. The van der Waals surface area contributed by atoms with Gasteiger partial charge in [-0.3, -0.25) is 0 Å². The molecule has 0 saturated carbocycles. The van der Waals surface area contributed by atoms with E-state index in [4.69, 9.17) is 23.7 Å². The van der Waals surface area contributed by atoms with Gasteiger partial charge in [-0.1, -0.05) is 12.1 Å². The van der Waals surface area contributed by atoms with Crippen molar-refractivity contribution in [1.82, 2.24) is 0 Å². The van der Waals surface area contributed by atoms with E-state index in [0.29, 0.717) is 6.61 Å². The molecule has 0 aliphatic carbocycles. The van der Waals surface area contributed by atoms with Crippen molar-refractivity contribution in [3.05, 3.63) is 29.8 Å². The molecule has 22 heavy (non-hydrogen) atoms. The van der Waals surface area contributed by atoms with E-state index >= 15 is 0 Å². The number of ether oxygens (including phenoxy) is 5. The summed E-state index contributed by atoms with van der Waals surface area (Å²) in [4.78, 5) is 11.1. The second-order valence-corrected chi connectivity index (χ2v) is 5.83. The molecule has 0 N–H and O–H groups in total. The van der Waals surface area contributed by atoms with E-state index in [0.717, 1.165) is 17.6 Å². The van der Waals surface area contributed by atoms with Crippen LogP contribution in [0.15, 0.2) is 24.3 Å². The normalized spacial score (nSPS) is 32.7. The Morgan fingerprint density at radius 3 is 2.50 bits per heavy atom. The van der Waals surface area contributed by atoms with E-state index in [-0.39, 0.29) is 0 Å². The van der Waals surface area contributed by atoms with Crippen molar-refractivity contribution in [3.63, 3.8) is 0 Å². The molecule has 120 valence electrons. The maximum absolute atomic E-state index is 11.1. The summed E-state index contributed by atoms with van der Waals surface area (Å²) < 4.78 is 28.0. The first kappa shape index (κ1) is 15.4. The third-order valence-corrected chi connectivity index (χ3v) is 3.75. The highest BCUT2D eigenvalue weighted by Crippen LogP contribution is 2.38. The van der Waals surface area contributed by atoms with Crippen molar-refractivity contribution in [2.45, 2.75) is 50.8 Å². The maximum atomic E-state index is 11.1. The maximum Gasteiger partial charge on any atom is 0.187 e. The Kier molecular flexibility index (Phi) is 4.18. The highest BCUT2D eigenvalue weighted by molar-refractivity contribution is 5.58. The molecule has 2 saturated heterocycles. The van der Waals surface area contributed by atoms with Crippen LogP contribution in [0.1, 0.15) is 19.4 Å². The first-order valence-corrected chi connectivity index (χ1v) is 7.23. The fourth-order valence-corrected chi connectivity index (χ4v) is 2.74. The zero-order valence-electron chi connectivity index (χ0n) is 12.9. The lowest BCUT2D eigenvalue weighted by atomic mass is 10.1. The number of rotatable bonds is 5. The Labute approximate surface area is 129 Å². The lowest BCUT2D eigenvalue weighted by Gasteiger charge is -2.22. The van der Waals surface area contributed by atoms with Crippen molar-refractivity contribution >= 4 is 6.29 Å². The minimum Gasteiger partial charge on any atom is -0.497 e. The second kappa shape index (κ2) is 5.96. The predicted octanol–water partition coefficient (Wildman–Crippen LogP) is 1.66. The number of carbonyl (C=O) groups excluding carboxylic acids is 1. The van der Waals surface area contributed by atoms with Crippen molar-refractivity contribution in [1.29, 1.82) is 0 Å². The molecule has 2 aliphatic rings. The summed E-state index contributed by atoms with van der Waals surface area (Å²) in [5.74, 6) is 0.0541. The molecule has 0 amide bonds. The molecule has 0 spiro atoms. The average Bonchev–Trinajstić information content (AvgIpc) is 2.99. The highest BCUT2D eigenvalue weighted by Gasteiger charge is 2.55. The lowest BCUT2D eigenvalue weighted by Crippen LogP contribution is -2.31. The molecule has 0 bridgehead atoms. The third-order valence-electron chi connectivity index (χ3n) is 3.75. The summed E-state index contributed by atoms with van der Waals surface area (Å²) >= 11 is 0. The number of benzene rings is 1. The van der Waals surface area contributed by atoms with Crippen molar-refractivity contribution in [3.8, 4) is 5.75 Å². The van der Waals surface area contributed by atoms with E-state index in [1.165, 1.54) is 0 Å². The molecular formula is C16H20O6. The van der Waals surface area contributed by atoms with E-state index in [2.05, 4.69) is 0 Å². The van der Waals surface area contributed by atoms with Gasteiger partial charge in [-0.25, -0.2) is 0 Å². The van der Waals surface area contributed by atoms with Crippen LogP contribution < -0.4 is 4.74 Å². The molecular weight excluding hydrogens is 288 g/mol. The number of carbonyl (C=O) groups is 1. The zero-order chi connectivity index (χ0) is 15.7. The van der Waals surface area contributed by atoms with Crippen molar-refractivity contribution in [2.24, 2.45) is 0 Å². The van der Waals surface area contributed by atoms with Gasteiger partial charge in [0.05, 0.1) is 13.7 Å². The van der Waals surface area contributed by atoms with Gasteiger partial charge in [0.2, 0.25) is 0 Å². The number of hydrogen-bond acceptors (Lipinski definition) is 6. The summed E-state index contributed by atoms with van der Waals surface area (Å²) in [6, 6.07) is 7.56. The van der Waals surface area contributed by atoms with Gasteiger partial charge in [0, 0.05) is 0 Å². The van der Waals surface area contributed by atoms with Gasteiger partial charge in [-0.15, -0.1) is 0 Å². The zero-order valence-corrected chi connectivity index (χ0v) is 12.9. The van der Waals surface area contributed by atoms with Crippen molar-refractivity contribution < 1.29 is 28.5 Å². The number of hydrogen-bond donors (Lipinski definition) is 0. The molecule has 1 unspecified atom stereocenters. The van der Waals surface area contributed by atoms with Gasteiger partial charge in [0.25, 0.3) is 0 Å². The summed E-state index contributed by atoms with van der Waals surface area (Å²) in [5.41, 5.74) is 0.980. The fourth-order valence-electron chi connectivity index (χ4n) is 2.74. The Bertz CT molecular complexity index is 526. The van der Waals surface area contributed by atoms with Crippen LogP contribution in [0.5, 0.6) is 5.75 Å². The quantitative estimate of drug-likeness (QED) is 0.771. The first-order chi connectivity index (χ1) is 10.5. The summed E-state index contributed by atoms with van der Waals surface area (Å²) in [5, 5.41) is 0. The van der Waals surface area contributed by atoms with E-state index in [9.17, 15) is 4.79 Å². The molecule has 0 aromatic heterocycles. The molecule has 6 heteroatoms. The van der Waals surface area contributed by atoms with Crippen LogP contribution in [0.25, 0.3) is 0 Å². The Morgan fingerprint density at radius 2 is 1.86 bits per heavy atom. The van der Waals surface area contributed by atoms with Gasteiger partial charge < -0.3 is 28.5 Å². The van der Waals surface area contributed by atoms with Crippen LogP contribution in [0.3, 0.4) is 0 Å². The highest BCUT2D eigenvalue weighted by atomic mass is 16.8. The van der Waals surface area contributed by atoms with Crippen molar-refractivity contribution in [2.75, 3.05) is 7.11 Å². The third kappa shape index (κ3) is 3.01. The Morgan fingerprint density at radius 1 is 1.18 bits per heavy atom. The smallest absolute Gasteiger partial charge is 0.187 e. The van der Waals surface area contributed by atoms with Gasteiger partial charge >= 0.3 is 0 Å². The molecule has 2 fully saturated rings. The van der Waals surface area contributed by atoms with Crippen LogP contribution in [0.2, 0.25) is 0 Å². The summed E-state index contributed by atoms with van der Waals surface area (Å²) in [6.45, 7) is 3.98. The van der Waals surface area contributed by atoms with Crippen LogP contribution >= 0.6 is 0 Å². The SMILES string of the molecule is COc1ccc(CO[C@H]2O[C@H](C=O)[C@H]3OC(C)(C)OC23)cc1. The van der Waals surface area contributed by atoms with Crippen LogP contribution in [0.4, 0.5) is 0 Å². The molecule has 4 atom stereocenters. The van der Waals surface area contributed by atoms with Crippen LogP contribution in [-0.4, -0.2) is 43.8 Å². The minimum atomic E-state index is -0.734. The predicted molar refractivity (Wildman–Crippen MR) is 76.3 cm³/mol. The Balaban J connectivity index is 1.63. The molecule has 1 aromatic carbocycles. The van der Waals surface area contributed by atoms with E-state index in [1.807, 2.05) is 38.1 Å². The topological polar surface area (TPSA) is 63.2 Å². The lowest BCUT2D eigenvalue weighted by molar-refractivity contribution is -0.232. The summed E-state index contributed by atoms with van der Waals surface area (Å²) in [6.07, 6.45) is -1.37. The molecule has 6 nitrogen and oxygen atoms in total. The largest absolute Gasteiger partial charge is 0.497 e. The second-order valence-electron chi connectivity index (χ2n) is 5.83. The van der Waals surface area contributed by atoms with Crippen LogP contribution in [0, 0.1) is 0 Å². The monoisotopic (exact) mass is 308 g/mol. The molecule has 3 rings (SSSR count). The number of fused-ring (bicyclic) bond motifs is 1. The first-order valence-electron chi connectivity index (χ1n) is 7.23. The molecule has 2 aliphatic heterocycles. The fraction of sp³-hybridized carbons (Fsp3) is 0.562.